The highest BCUT2D eigenvalue weighted by Crippen LogP contribution is 2.03. The number of unbranched alkanes of at least 4 members (excludes halogenated alkanes) is 2. The molecule has 1 saturated heterocycles. The molecule has 0 atom stereocenters. The lowest BCUT2D eigenvalue weighted by molar-refractivity contribution is -0.133. The lowest BCUT2D eigenvalue weighted by atomic mass is 10.2. The quantitative estimate of drug-likeness (QED) is 0.603. The summed E-state index contributed by atoms with van der Waals surface area (Å²) in [5.41, 5.74) is 0. The van der Waals surface area contributed by atoms with Gasteiger partial charge in [-0.05, 0) is 32.9 Å². The molecule has 1 amide bonds. The molecule has 0 aromatic rings. The van der Waals surface area contributed by atoms with Crippen LogP contribution in [0.25, 0.3) is 0 Å². The molecule has 0 unspecified atom stereocenters. The van der Waals surface area contributed by atoms with Crippen LogP contribution in [0.5, 0.6) is 0 Å². The molecule has 0 bridgehead atoms. The third-order valence-electron chi connectivity index (χ3n) is 3.58. The van der Waals surface area contributed by atoms with E-state index in [4.69, 9.17) is 4.74 Å². The number of hydrogen-bond donors (Lipinski definition) is 0. The monoisotopic (exact) mass is 271 g/mol. The van der Waals surface area contributed by atoms with E-state index in [1.165, 1.54) is 45.6 Å². The largest absolute Gasteiger partial charge is 0.372 e. The first kappa shape index (κ1) is 16.4. The van der Waals surface area contributed by atoms with Gasteiger partial charge in [0.05, 0.1) is 0 Å². The maximum absolute atomic E-state index is 11.3. The summed E-state index contributed by atoms with van der Waals surface area (Å²) in [6, 6.07) is 0. The smallest absolute Gasteiger partial charge is 0.248 e. The molecule has 0 aromatic carbocycles. The van der Waals surface area contributed by atoms with Crippen molar-refractivity contribution in [3.8, 4) is 0 Å². The van der Waals surface area contributed by atoms with Crippen LogP contribution in [0.4, 0.5) is 0 Å². The van der Waals surface area contributed by atoms with E-state index in [-0.39, 0.29) is 12.5 Å². The molecule has 5 heteroatoms. The topological polar surface area (TPSA) is 36.0 Å². The van der Waals surface area contributed by atoms with Crippen molar-refractivity contribution in [3.63, 3.8) is 0 Å². The lowest BCUT2D eigenvalue weighted by Crippen LogP contribution is -2.44. The van der Waals surface area contributed by atoms with Crippen molar-refractivity contribution in [1.29, 1.82) is 0 Å². The highest BCUT2D eigenvalue weighted by atomic mass is 16.5. The van der Waals surface area contributed by atoms with E-state index in [9.17, 15) is 4.79 Å². The van der Waals surface area contributed by atoms with E-state index >= 15 is 0 Å². The van der Waals surface area contributed by atoms with Crippen LogP contribution in [0.1, 0.15) is 19.3 Å². The van der Waals surface area contributed by atoms with Gasteiger partial charge in [0, 0.05) is 46.9 Å². The lowest BCUT2D eigenvalue weighted by Gasteiger charge is -2.32. The zero-order valence-corrected chi connectivity index (χ0v) is 12.7. The van der Waals surface area contributed by atoms with Crippen LogP contribution >= 0.6 is 0 Å². The summed E-state index contributed by atoms with van der Waals surface area (Å²) < 4.78 is 5.35. The van der Waals surface area contributed by atoms with Gasteiger partial charge in [-0.1, -0.05) is 0 Å². The summed E-state index contributed by atoms with van der Waals surface area (Å²) in [6.45, 7) is 6.89. The number of amides is 1. The summed E-state index contributed by atoms with van der Waals surface area (Å²) >= 11 is 0. The first-order chi connectivity index (χ1) is 9.09. The number of carbonyl (C=O) groups excluding carboxylic acids is 1. The van der Waals surface area contributed by atoms with Crippen molar-refractivity contribution >= 4 is 5.91 Å². The molecule has 0 saturated carbocycles. The van der Waals surface area contributed by atoms with Crippen LogP contribution in [-0.4, -0.2) is 87.7 Å². The summed E-state index contributed by atoms with van der Waals surface area (Å²) in [5, 5.41) is 0. The van der Waals surface area contributed by atoms with Gasteiger partial charge >= 0.3 is 0 Å². The zero-order chi connectivity index (χ0) is 14.1. The van der Waals surface area contributed by atoms with E-state index in [1.807, 2.05) is 0 Å². The Morgan fingerprint density at radius 3 is 2.42 bits per heavy atom. The summed E-state index contributed by atoms with van der Waals surface area (Å²) in [5.74, 6) is 0.0393. The molecule has 112 valence electrons. The normalized spacial score (nSPS) is 17.6. The van der Waals surface area contributed by atoms with Crippen molar-refractivity contribution in [3.05, 3.63) is 0 Å². The summed E-state index contributed by atoms with van der Waals surface area (Å²) in [7, 11) is 5.69. The number of rotatable bonds is 8. The molecule has 0 aliphatic carbocycles. The molecule has 1 rings (SSSR count). The van der Waals surface area contributed by atoms with Gasteiger partial charge in [0.1, 0.15) is 6.61 Å². The zero-order valence-electron chi connectivity index (χ0n) is 12.7. The Morgan fingerprint density at radius 2 is 1.79 bits per heavy atom. The Kier molecular flexibility index (Phi) is 8.02. The van der Waals surface area contributed by atoms with Gasteiger partial charge in [0.25, 0.3) is 0 Å². The fourth-order valence-corrected chi connectivity index (χ4v) is 2.08. The Hall–Kier alpha value is -0.650. The minimum Gasteiger partial charge on any atom is -0.372 e. The van der Waals surface area contributed by atoms with Gasteiger partial charge in [-0.3, -0.25) is 4.79 Å². The van der Waals surface area contributed by atoms with Crippen molar-refractivity contribution in [2.24, 2.45) is 0 Å². The number of nitrogens with zero attached hydrogens (tertiary/aromatic N) is 3. The van der Waals surface area contributed by atoms with Gasteiger partial charge in [0.15, 0.2) is 0 Å². The van der Waals surface area contributed by atoms with Gasteiger partial charge in [-0.15, -0.1) is 0 Å². The number of carbonyl (C=O) groups is 1. The molecule has 1 aliphatic heterocycles. The SMILES string of the molecule is CN1CCN(CCCCCOCC(=O)N(C)C)CC1. The van der Waals surface area contributed by atoms with Gasteiger partial charge in [-0.25, -0.2) is 0 Å². The van der Waals surface area contributed by atoms with Gasteiger partial charge in [0.2, 0.25) is 5.91 Å². The van der Waals surface area contributed by atoms with Gasteiger partial charge in [-0.2, -0.15) is 0 Å². The number of hydrogen-bond acceptors (Lipinski definition) is 4. The molecule has 0 aromatic heterocycles. The van der Waals surface area contributed by atoms with Crippen LogP contribution in [0.2, 0.25) is 0 Å². The average molecular weight is 271 g/mol. The minimum absolute atomic E-state index is 0.0393. The summed E-state index contributed by atoms with van der Waals surface area (Å²) in [4.78, 5) is 17.7. The fourth-order valence-electron chi connectivity index (χ4n) is 2.08. The molecule has 19 heavy (non-hydrogen) atoms. The highest BCUT2D eigenvalue weighted by Gasteiger charge is 2.12. The van der Waals surface area contributed by atoms with Crippen molar-refractivity contribution in [2.75, 3.05) is 67.1 Å². The van der Waals surface area contributed by atoms with E-state index < -0.39 is 0 Å². The molecular weight excluding hydrogens is 242 g/mol. The number of likely N-dealkylation sites (N-methyl/N-ethyl adjacent to an activating group) is 2. The Labute approximate surface area is 117 Å². The third kappa shape index (κ3) is 7.50. The Morgan fingerprint density at radius 1 is 1.11 bits per heavy atom. The maximum Gasteiger partial charge on any atom is 0.248 e. The van der Waals surface area contributed by atoms with Crippen LogP contribution < -0.4 is 0 Å². The van der Waals surface area contributed by atoms with Crippen LogP contribution in [-0.2, 0) is 9.53 Å². The fraction of sp³-hybridized carbons (Fsp3) is 0.929. The molecule has 0 radical (unpaired) electrons. The molecule has 1 aliphatic rings. The predicted molar refractivity (Wildman–Crippen MR) is 77.3 cm³/mol. The molecule has 0 N–H and O–H groups in total. The molecule has 5 nitrogen and oxygen atoms in total. The third-order valence-corrected chi connectivity index (χ3v) is 3.58. The highest BCUT2D eigenvalue weighted by molar-refractivity contribution is 5.76. The van der Waals surface area contributed by atoms with E-state index in [0.29, 0.717) is 6.61 Å². The maximum atomic E-state index is 11.3. The molecular formula is C14H29N3O2. The Bertz CT molecular complexity index is 251. The average Bonchev–Trinajstić information content (AvgIpc) is 2.39. The second kappa shape index (κ2) is 9.28. The first-order valence-corrected chi connectivity index (χ1v) is 7.28. The van der Waals surface area contributed by atoms with Crippen molar-refractivity contribution in [2.45, 2.75) is 19.3 Å². The van der Waals surface area contributed by atoms with E-state index in [2.05, 4.69) is 16.8 Å². The predicted octanol–water partition coefficient (Wildman–Crippen LogP) is 0.509. The second-order valence-corrected chi connectivity index (χ2v) is 5.55. The van der Waals surface area contributed by atoms with E-state index in [1.54, 1.807) is 19.0 Å². The molecule has 1 fully saturated rings. The number of piperazine rings is 1. The van der Waals surface area contributed by atoms with Crippen molar-refractivity contribution in [1.82, 2.24) is 14.7 Å². The second-order valence-electron chi connectivity index (χ2n) is 5.55. The minimum atomic E-state index is 0.0393. The Balaban J connectivity index is 1.87. The first-order valence-electron chi connectivity index (χ1n) is 7.28. The van der Waals surface area contributed by atoms with E-state index in [0.717, 1.165) is 6.42 Å². The molecule has 1 heterocycles. The number of ether oxygens (including phenoxy) is 1. The van der Waals surface area contributed by atoms with Gasteiger partial charge < -0.3 is 19.4 Å². The van der Waals surface area contributed by atoms with Crippen LogP contribution in [0.3, 0.4) is 0 Å². The van der Waals surface area contributed by atoms with Crippen molar-refractivity contribution < 1.29 is 9.53 Å². The summed E-state index contributed by atoms with van der Waals surface area (Å²) in [6.07, 6.45) is 3.46. The van der Waals surface area contributed by atoms with Crippen LogP contribution in [0.15, 0.2) is 0 Å². The standard InChI is InChI=1S/C14H29N3O2/c1-15(2)14(18)13-19-12-6-4-5-7-17-10-8-16(3)9-11-17/h4-13H2,1-3H3. The van der Waals surface area contributed by atoms with Crippen LogP contribution in [0, 0.1) is 0 Å². The molecule has 0 spiro atoms.